The van der Waals surface area contributed by atoms with Crippen LogP contribution in [0.25, 0.3) is 0 Å². The van der Waals surface area contributed by atoms with Gasteiger partial charge in [-0.05, 0) is 13.0 Å². The minimum Gasteiger partial charge on any atom is -0.383 e. The van der Waals surface area contributed by atoms with E-state index in [1.54, 1.807) is 25.6 Å². The number of methoxy groups -OCH3 is 1. The van der Waals surface area contributed by atoms with Crippen LogP contribution in [0.2, 0.25) is 0 Å². The fourth-order valence-corrected chi connectivity index (χ4v) is 2.16. The minimum absolute atomic E-state index is 0.0167. The van der Waals surface area contributed by atoms with E-state index in [4.69, 9.17) is 4.74 Å². The molecular weight excluding hydrogens is 258 g/mol. The number of hydrogen-bond donors (Lipinski definition) is 1. The Kier molecular flexibility index (Phi) is 5.11. The molecule has 1 unspecified atom stereocenters. The number of nitrogens with one attached hydrogen (secondary N) is 1. The molecule has 1 atom stereocenters. The van der Waals surface area contributed by atoms with Gasteiger partial charge in [-0.25, -0.2) is 14.8 Å². The molecule has 0 saturated carbocycles. The number of aromatic nitrogens is 2. The summed E-state index contributed by atoms with van der Waals surface area (Å²) in [5, 5.41) is 2.92. The quantitative estimate of drug-likeness (QED) is 0.861. The molecule has 7 nitrogen and oxygen atoms in total. The van der Waals surface area contributed by atoms with E-state index in [9.17, 15) is 4.79 Å². The number of amides is 2. The molecule has 1 aliphatic heterocycles. The number of carbonyl (C=O) groups excluding carboxylic acids is 1. The number of anilines is 1. The molecule has 110 valence electrons. The van der Waals surface area contributed by atoms with E-state index in [1.807, 2.05) is 11.8 Å². The summed E-state index contributed by atoms with van der Waals surface area (Å²) in [7, 11) is 1.63. The highest BCUT2D eigenvalue weighted by Crippen LogP contribution is 2.09. The molecule has 2 amide bonds. The van der Waals surface area contributed by atoms with Crippen molar-refractivity contribution in [2.75, 3.05) is 44.8 Å². The maximum Gasteiger partial charge on any atom is 0.317 e. The molecule has 1 aromatic rings. The first-order valence-corrected chi connectivity index (χ1v) is 6.77. The molecule has 2 heterocycles. The maximum absolute atomic E-state index is 12.0. The van der Waals surface area contributed by atoms with Crippen molar-refractivity contribution in [3.05, 3.63) is 18.5 Å². The molecule has 1 aromatic heterocycles. The maximum atomic E-state index is 12.0. The topological polar surface area (TPSA) is 70.6 Å². The molecule has 1 saturated heterocycles. The highest BCUT2D eigenvalue weighted by molar-refractivity contribution is 5.74. The third-order valence-corrected chi connectivity index (χ3v) is 3.19. The van der Waals surface area contributed by atoms with Crippen molar-refractivity contribution in [3.8, 4) is 0 Å². The molecule has 1 fully saturated rings. The second-order valence-corrected chi connectivity index (χ2v) is 4.83. The SMILES string of the molecule is COCC(C)NC(=O)N1CCN(c2ncccn2)CC1. The molecule has 1 aliphatic rings. The molecule has 0 aliphatic carbocycles. The van der Waals surface area contributed by atoms with E-state index in [0.29, 0.717) is 19.7 Å². The Morgan fingerprint density at radius 3 is 2.60 bits per heavy atom. The Bertz CT molecular complexity index is 420. The lowest BCUT2D eigenvalue weighted by atomic mass is 10.3. The number of nitrogens with zero attached hydrogens (tertiary/aromatic N) is 4. The first kappa shape index (κ1) is 14.5. The second-order valence-electron chi connectivity index (χ2n) is 4.83. The Hall–Kier alpha value is -1.89. The van der Waals surface area contributed by atoms with Crippen LogP contribution in [0.1, 0.15) is 6.92 Å². The van der Waals surface area contributed by atoms with Crippen LogP contribution in [-0.4, -0.2) is 66.8 Å². The highest BCUT2D eigenvalue weighted by Gasteiger charge is 2.23. The van der Waals surface area contributed by atoms with Crippen molar-refractivity contribution >= 4 is 12.0 Å². The average Bonchev–Trinajstić information content (AvgIpc) is 2.48. The summed E-state index contributed by atoms with van der Waals surface area (Å²) in [6, 6.07) is 1.77. The third-order valence-electron chi connectivity index (χ3n) is 3.19. The van der Waals surface area contributed by atoms with E-state index in [2.05, 4.69) is 20.2 Å². The largest absolute Gasteiger partial charge is 0.383 e. The number of carbonyl (C=O) groups is 1. The summed E-state index contributed by atoms with van der Waals surface area (Å²) in [4.78, 5) is 24.4. The lowest BCUT2D eigenvalue weighted by Crippen LogP contribution is -2.54. The Labute approximate surface area is 118 Å². The van der Waals surface area contributed by atoms with Gasteiger partial charge in [-0.3, -0.25) is 0 Å². The lowest BCUT2D eigenvalue weighted by Gasteiger charge is -2.35. The molecule has 1 N–H and O–H groups in total. The molecule has 0 bridgehead atoms. The van der Waals surface area contributed by atoms with Crippen LogP contribution < -0.4 is 10.2 Å². The fourth-order valence-electron chi connectivity index (χ4n) is 2.16. The van der Waals surface area contributed by atoms with Crippen molar-refractivity contribution in [2.24, 2.45) is 0 Å². The predicted octanol–water partition coefficient (Wildman–Crippen LogP) is 0.343. The number of hydrogen-bond acceptors (Lipinski definition) is 5. The zero-order valence-electron chi connectivity index (χ0n) is 12.0. The smallest absolute Gasteiger partial charge is 0.317 e. The van der Waals surface area contributed by atoms with Crippen LogP contribution in [0.4, 0.5) is 10.7 Å². The first-order chi connectivity index (χ1) is 9.70. The van der Waals surface area contributed by atoms with Gasteiger partial charge in [-0.15, -0.1) is 0 Å². The molecule has 20 heavy (non-hydrogen) atoms. The average molecular weight is 279 g/mol. The monoisotopic (exact) mass is 279 g/mol. The van der Waals surface area contributed by atoms with Gasteiger partial charge in [0.1, 0.15) is 0 Å². The summed E-state index contributed by atoms with van der Waals surface area (Å²) in [6.45, 7) is 5.28. The van der Waals surface area contributed by atoms with E-state index in [0.717, 1.165) is 19.0 Å². The van der Waals surface area contributed by atoms with Crippen LogP contribution in [-0.2, 0) is 4.74 Å². The van der Waals surface area contributed by atoms with Crippen molar-refractivity contribution < 1.29 is 9.53 Å². The number of rotatable bonds is 4. The van der Waals surface area contributed by atoms with Gasteiger partial charge in [0.2, 0.25) is 5.95 Å². The molecule has 0 aromatic carbocycles. The van der Waals surface area contributed by atoms with E-state index in [1.165, 1.54) is 0 Å². The van der Waals surface area contributed by atoms with E-state index in [-0.39, 0.29) is 12.1 Å². The van der Waals surface area contributed by atoms with Crippen LogP contribution in [0.3, 0.4) is 0 Å². The lowest BCUT2D eigenvalue weighted by molar-refractivity contribution is 0.158. The van der Waals surface area contributed by atoms with E-state index < -0.39 is 0 Å². The standard InChI is InChI=1S/C13H21N5O2/c1-11(10-20-2)16-13(19)18-8-6-17(7-9-18)12-14-4-3-5-15-12/h3-5,11H,6-10H2,1-2H3,(H,16,19). The summed E-state index contributed by atoms with van der Waals surface area (Å²) < 4.78 is 5.01. The number of ether oxygens (including phenoxy) is 1. The zero-order chi connectivity index (χ0) is 14.4. The van der Waals surface area contributed by atoms with E-state index >= 15 is 0 Å². The molecule has 0 spiro atoms. The summed E-state index contributed by atoms with van der Waals surface area (Å²) in [5.41, 5.74) is 0. The third kappa shape index (κ3) is 3.80. The van der Waals surface area contributed by atoms with Crippen molar-refractivity contribution in [2.45, 2.75) is 13.0 Å². The number of piperazine rings is 1. The van der Waals surface area contributed by atoms with Crippen LogP contribution >= 0.6 is 0 Å². The van der Waals surface area contributed by atoms with Crippen LogP contribution in [0.15, 0.2) is 18.5 Å². The van der Waals surface area contributed by atoms with Gasteiger partial charge in [0.25, 0.3) is 0 Å². The predicted molar refractivity (Wildman–Crippen MR) is 75.7 cm³/mol. The summed E-state index contributed by atoms with van der Waals surface area (Å²) in [5.74, 6) is 0.723. The summed E-state index contributed by atoms with van der Waals surface area (Å²) >= 11 is 0. The van der Waals surface area contributed by atoms with Gasteiger partial charge in [-0.1, -0.05) is 0 Å². The number of urea groups is 1. The summed E-state index contributed by atoms with van der Waals surface area (Å²) in [6.07, 6.45) is 3.46. The van der Waals surface area contributed by atoms with Gasteiger partial charge < -0.3 is 19.9 Å². The Morgan fingerprint density at radius 2 is 2.00 bits per heavy atom. The van der Waals surface area contributed by atoms with Gasteiger partial charge in [-0.2, -0.15) is 0 Å². The molecular formula is C13H21N5O2. The van der Waals surface area contributed by atoms with Crippen molar-refractivity contribution in [1.29, 1.82) is 0 Å². The molecule has 7 heteroatoms. The van der Waals surface area contributed by atoms with Crippen molar-refractivity contribution in [1.82, 2.24) is 20.2 Å². The first-order valence-electron chi connectivity index (χ1n) is 6.77. The van der Waals surface area contributed by atoms with Crippen molar-refractivity contribution in [3.63, 3.8) is 0 Å². The zero-order valence-corrected chi connectivity index (χ0v) is 12.0. The Morgan fingerprint density at radius 1 is 1.35 bits per heavy atom. The fraction of sp³-hybridized carbons (Fsp3) is 0.615. The van der Waals surface area contributed by atoms with Gasteiger partial charge >= 0.3 is 6.03 Å². The normalized spacial score (nSPS) is 16.9. The highest BCUT2D eigenvalue weighted by atomic mass is 16.5. The van der Waals surface area contributed by atoms with Gasteiger partial charge in [0.15, 0.2) is 0 Å². The van der Waals surface area contributed by atoms with Gasteiger partial charge in [0, 0.05) is 45.7 Å². The Balaban J connectivity index is 1.80. The van der Waals surface area contributed by atoms with Crippen LogP contribution in [0.5, 0.6) is 0 Å². The van der Waals surface area contributed by atoms with Gasteiger partial charge in [0.05, 0.1) is 12.6 Å². The minimum atomic E-state index is -0.0387. The second kappa shape index (κ2) is 7.04. The molecule has 2 rings (SSSR count). The van der Waals surface area contributed by atoms with Crippen LogP contribution in [0, 0.1) is 0 Å². The molecule has 0 radical (unpaired) electrons.